The highest BCUT2D eigenvalue weighted by molar-refractivity contribution is 6.08. The van der Waals surface area contributed by atoms with Gasteiger partial charge < -0.3 is 19.2 Å². The molecule has 2 heterocycles. The number of carbonyl (C=O) groups is 1. The summed E-state index contributed by atoms with van der Waals surface area (Å²) in [5, 5.41) is 2.92. The zero-order valence-corrected chi connectivity index (χ0v) is 16.9. The van der Waals surface area contributed by atoms with Crippen LogP contribution in [0.4, 0.5) is 5.69 Å². The molecule has 0 aliphatic carbocycles. The molecular formula is C25H20N2O4. The highest BCUT2D eigenvalue weighted by atomic mass is 16.6. The Morgan fingerprint density at radius 2 is 1.71 bits per heavy atom. The minimum atomic E-state index is -0.262. The Bertz CT molecular complexity index is 1240. The zero-order valence-electron chi connectivity index (χ0n) is 16.9. The number of rotatable bonds is 4. The lowest BCUT2D eigenvalue weighted by molar-refractivity contribution is 0.102. The van der Waals surface area contributed by atoms with Crippen molar-refractivity contribution in [3.8, 4) is 34.3 Å². The van der Waals surface area contributed by atoms with Crippen LogP contribution in [0.1, 0.15) is 15.9 Å². The van der Waals surface area contributed by atoms with Crippen molar-refractivity contribution in [3.05, 3.63) is 84.1 Å². The summed E-state index contributed by atoms with van der Waals surface area (Å²) in [7, 11) is 0. The summed E-state index contributed by atoms with van der Waals surface area (Å²) in [5.41, 5.74) is 3.81. The molecule has 0 atom stereocenters. The molecule has 1 aliphatic rings. The summed E-state index contributed by atoms with van der Waals surface area (Å²) < 4.78 is 17.1. The van der Waals surface area contributed by atoms with Crippen molar-refractivity contribution in [3.63, 3.8) is 0 Å². The standard InChI is InChI=1S/C25H20N2O4/c1-16-6-8-17(9-7-16)23-15-26-25(31-23)20-5-3-2-4-19(20)24(28)27-18-10-11-21-22(14-18)30-13-12-29-21/h2-11,14-15H,12-13H2,1H3,(H,27,28). The smallest absolute Gasteiger partial charge is 0.256 e. The predicted octanol–water partition coefficient (Wildman–Crippen LogP) is 5.34. The maximum absolute atomic E-state index is 13.0. The lowest BCUT2D eigenvalue weighted by Gasteiger charge is -2.19. The molecule has 1 N–H and O–H groups in total. The number of anilines is 1. The number of nitrogens with zero attached hydrogens (tertiary/aromatic N) is 1. The van der Waals surface area contributed by atoms with E-state index in [1.54, 1.807) is 30.5 Å². The molecule has 0 saturated heterocycles. The van der Waals surface area contributed by atoms with Gasteiger partial charge in [-0.2, -0.15) is 0 Å². The number of oxazole rings is 1. The number of hydrogen-bond donors (Lipinski definition) is 1. The third kappa shape index (κ3) is 3.88. The Balaban J connectivity index is 1.42. The average Bonchev–Trinajstić information content (AvgIpc) is 3.29. The molecule has 31 heavy (non-hydrogen) atoms. The largest absolute Gasteiger partial charge is 0.486 e. The van der Waals surface area contributed by atoms with E-state index in [1.807, 2.05) is 49.4 Å². The van der Waals surface area contributed by atoms with E-state index in [-0.39, 0.29) is 5.91 Å². The summed E-state index contributed by atoms with van der Waals surface area (Å²) >= 11 is 0. The van der Waals surface area contributed by atoms with Gasteiger partial charge in [0.25, 0.3) is 5.91 Å². The second-order valence-electron chi connectivity index (χ2n) is 7.25. The molecule has 5 rings (SSSR count). The van der Waals surface area contributed by atoms with Crippen molar-refractivity contribution in [2.24, 2.45) is 0 Å². The van der Waals surface area contributed by atoms with Gasteiger partial charge in [0.2, 0.25) is 5.89 Å². The van der Waals surface area contributed by atoms with Gasteiger partial charge in [-0.15, -0.1) is 0 Å². The number of ether oxygens (including phenoxy) is 2. The molecule has 6 nitrogen and oxygen atoms in total. The summed E-state index contributed by atoms with van der Waals surface area (Å²) in [6.07, 6.45) is 1.68. The molecule has 0 spiro atoms. The molecule has 154 valence electrons. The van der Waals surface area contributed by atoms with Gasteiger partial charge >= 0.3 is 0 Å². The van der Waals surface area contributed by atoms with Gasteiger partial charge in [0.05, 0.1) is 11.8 Å². The van der Waals surface area contributed by atoms with E-state index < -0.39 is 0 Å². The van der Waals surface area contributed by atoms with E-state index in [0.29, 0.717) is 53.2 Å². The van der Waals surface area contributed by atoms with Crippen LogP contribution >= 0.6 is 0 Å². The minimum Gasteiger partial charge on any atom is -0.486 e. The summed E-state index contributed by atoms with van der Waals surface area (Å²) in [5.74, 6) is 2.07. The summed E-state index contributed by atoms with van der Waals surface area (Å²) in [6, 6.07) is 20.6. The Morgan fingerprint density at radius 3 is 2.55 bits per heavy atom. The minimum absolute atomic E-state index is 0.262. The molecule has 0 unspecified atom stereocenters. The molecule has 0 bridgehead atoms. The number of carbonyl (C=O) groups excluding carboxylic acids is 1. The fourth-order valence-corrected chi connectivity index (χ4v) is 3.44. The molecule has 1 aromatic heterocycles. The predicted molar refractivity (Wildman–Crippen MR) is 117 cm³/mol. The molecular weight excluding hydrogens is 392 g/mol. The molecule has 0 radical (unpaired) electrons. The summed E-state index contributed by atoms with van der Waals surface area (Å²) in [4.78, 5) is 17.4. The van der Waals surface area contributed by atoms with E-state index in [9.17, 15) is 4.79 Å². The van der Waals surface area contributed by atoms with Crippen LogP contribution in [0.15, 0.2) is 77.3 Å². The summed E-state index contributed by atoms with van der Waals surface area (Å²) in [6.45, 7) is 3.04. The average molecular weight is 412 g/mol. The third-order valence-corrected chi connectivity index (χ3v) is 5.04. The first kappa shape index (κ1) is 18.9. The van der Waals surface area contributed by atoms with Gasteiger partial charge in [0.1, 0.15) is 13.2 Å². The van der Waals surface area contributed by atoms with Crippen LogP contribution in [-0.4, -0.2) is 24.1 Å². The van der Waals surface area contributed by atoms with Crippen molar-refractivity contribution in [1.82, 2.24) is 4.98 Å². The molecule has 0 fully saturated rings. The van der Waals surface area contributed by atoms with Gasteiger partial charge in [0.15, 0.2) is 17.3 Å². The number of fused-ring (bicyclic) bond motifs is 1. The fourth-order valence-electron chi connectivity index (χ4n) is 3.44. The van der Waals surface area contributed by atoms with Crippen molar-refractivity contribution in [1.29, 1.82) is 0 Å². The Hall–Kier alpha value is -4.06. The van der Waals surface area contributed by atoms with Crippen LogP contribution in [0, 0.1) is 6.92 Å². The first-order valence-corrected chi connectivity index (χ1v) is 10.0. The second-order valence-corrected chi connectivity index (χ2v) is 7.25. The number of aryl methyl sites for hydroxylation is 1. The topological polar surface area (TPSA) is 73.6 Å². The maximum Gasteiger partial charge on any atom is 0.256 e. The maximum atomic E-state index is 13.0. The first-order chi connectivity index (χ1) is 15.2. The van der Waals surface area contributed by atoms with Crippen LogP contribution < -0.4 is 14.8 Å². The Labute approximate surface area is 179 Å². The highest BCUT2D eigenvalue weighted by Gasteiger charge is 2.18. The first-order valence-electron chi connectivity index (χ1n) is 10.0. The molecule has 1 aliphatic heterocycles. The number of benzene rings is 3. The lowest BCUT2D eigenvalue weighted by atomic mass is 10.1. The van der Waals surface area contributed by atoms with E-state index in [0.717, 1.165) is 5.56 Å². The van der Waals surface area contributed by atoms with Gasteiger partial charge in [-0.05, 0) is 31.2 Å². The molecule has 3 aromatic carbocycles. The van der Waals surface area contributed by atoms with Gasteiger partial charge in [0, 0.05) is 22.9 Å². The third-order valence-electron chi connectivity index (χ3n) is 5.04. The molecule has 1 amide bonds. The number of amides is 1. The monoisotopic (exact) mass is 412 g/mol. The van der Waals surface area contributed by atoms with E-state index in [2.05, 4.69) is 10.3 Å². The Kier molecular flexibility index (Phi) is 4.88. The quantitative estimate of drug-likeness (QED) is 0.490. The van der Waals surface area contributed by atoms with E-state index >= 15 is 0 Å². The number of nitrogens with one attached hydrogen (secondary N) is 1. The highest BCUT2D eigenvalue weighted by Crippen LogP contribution is 2.33. The van der Waals surface area contributed by atoms with Crippen LogP contribution in [0.2, 0.25) is 0 Å². The van der Waals surface area contributed by atoms with Crippen LogP contribution in [0.5, 0.6) is 11.5 Å². The number of hydrogen-bond acceptors (Lipinski definition) is 5. The normalized spacial score (nSPS) is 12.4. The SMILES string of the molecule is Cc1ccc(-c2cnc(-c3ccccc3C(=O)Nc3ccc4c(c3)OCCO4)o2)cc1. The molecule has 0 saturated carbocycles. The fraction of sp³-hybridized carbons (Fsp3) is 0.120. The number of aromatic nitrogens is 1. The van der Waals surface area contributed by atoms with Gasteiger partial charge in [-0.3, -0.25) is 4.79 Å². The van der Waals surface area contributed by atoms with Crippen LogP contribution in [0.25, 0.3) is 22.8 Å². The van der Waals surface area contributed by atoms with Gasteiger partial charge in [-0.25, -0.2) is 4.98 Å². The molecule has 6 heteroatoms. The Morgan fingerprint density at radius 1 is 0.935 bits per heavy atom. The van der Waals surface area contributed by atoms with Crippen molar-refractivity contribution in [2.75, 3.05) is 18.5 Å². The van der Waals surface area contributed by atoms with Crippen molar-refractivity contribution >= 4 is 11.6 Å². The van der Waals surface area contributed by atoms with Crippen molar-refractivity contribution in [2.45, 2.75) is 6.92 Å². The zero-order chi connectivity index (χ0) is 21.2. The van der Waals surface area contributed by atoms with E-state index in [4.69, 9.17) is 13.9 Å². The van der Waals surface area contributed by atoms with Crippen LogP contribution in [-0.2, 0) is 0 Å². The molecule has 4 aromatic rings. The lowest BCUT2D eigenvalue weighted by Crippen LogP contribution is -2.16. The van der Waals surface area contributed by atoms with Gasteiger partial charge in [-0.1, -0.05) is 42.0 Å². The van der Waals surface area contributed by atoms with Crippen molar-refractivity contribution < 1.29 is 18.7 Å². The van der Waals surface area contributed by atoms with E-state index in [1.165, 1.54) is 5.56 Å². The van der Waals surface area contributed by atoms with Crippen LogP contribution in [0.3, 0.4) is 0 Å². The second kappa shape index (κ2) is 7.99.